The summed E-state index contributed by atoms with van der Waals surface area (Å²) in [7, 11) is 0. The second-order valence-electron chi connectivity index (χ2n) is 6.01. The Morgan fingerprint density at radius 3 is 2.96 bits per heavy atom. The molecule has 0 amide bonds. The zero-order valence-electron chi connectivity index (χ0n) is 13.5. The molecule has 1 aliphatic rings. The number of fused-ring (bicyclic) bond motifs is 1. The van der Waals surface area contributed by atoms with Crippen molar-refractivity contribution in [3.05, 3.63) is 44.9 Å². The van der Waals surface area contributed by atoms with Gasteiger partial charge in [0, 0.05) is 28.5 Å². The molecule has 4 nitrogen and oxygen atoms in total. The van der Waals surface area contributed by atoms with Crippen molar-refractivity contribution in [1.82, 2.24) is 4.98 Å². The van der Waals surface area contributed by atoms with Crippen LogP contribution >= 0.6 is 11.3 Å². The van der Waals surface area contributed by atoms with Gasteiger partial charge in [-0.2, -0.15) is 0 Å². The third-order valence-corrected chi connectivity index (χ3v) is 5.40. The molecule has 1 N–H and O–H groups in total. The third-order valence-electron chi connectivity index (χ3n) is 4.37. The number of thiophene rings is 1. The molecule has 2 aromatic heterocycles. The molecule has 0 unspecified atom stereocenters. The number of ketones is 1. The van der Waals surface area contributed by atoms with Crippen molar-refractivity contribution in [3.63, 3.8) is 0 Å². The first-order valence-electron chi connectivity index (χ1n) is 8.07. The summed E-state index contributed by atoms with van der Waals surface area (Å²) in [5.74, 6) is -0.0335. The number of esters is 1. The van der Waals surface area contributed by atoms with Crippen LogP contribution in [-0.4, -0.2) is 23.3 Å². The Hall–Kier alpha value is -1.88. The topological polar surface area (TPSA) is 59.2 Å². The fraction of sp³-hybridized carbons (Fsp3) is 0.444. The first-order valence-corrected chi connectivity index (χ1v) is 8.95. The smallest absolute Gasteiger partial charge is 0.355 e. The number of hydrogen-bond donors (Lipinski definition) is 1. The van der Waals surface area contributed by atoms with E-state index in [2.05, 4.69) is 18.0 Å². The summed E-state index contributed by atoms with van der Waals surface area (Å²) >= 11 is 1.68. The Kier molecular flexibility index (Phi) is 4.66. The second kappa shape index (κ2) is 6.71. The van der Waals surface area contributed by atoms with Crippen molar-refractivity contribution in [2.24, 2.45) is 0 Å². The van der Waals surface area contributed by atoms with Crippen molar-refractivity contribution in [2.75, 3.05) is 6.61 Å². The highest BCUT2D eigenvalue weighted by molar-refractivity contribution is 7.10. The summed E-state index contributed by atoms with van der Waals surface area (Å²) < 4.78 is 5.28. The molecule has 0 saturated carbocycles. The lowest BCUT2D eigenvalue weighted by Crippen LogP contribution is -2.17. The van der Waals surface area contributed by atoms with Gasteiger partial charge in [0.2, 0.25) is 0 Å². The lowest BCUT2D eigenvalue weighted by atomic mass is 9.84. The molecule has 3 rings (SSSR count). The molecule has 0 saturated heterocycles. The van der Waals surface area contributed by atoms with E-state index in [-0.39, 0.29) is 17.7 Å². The normalized spacial score (nSPS) is 17.1. The standard InChI is InChI=1S/C18H21NO3S/c1-3-4-7-22-18(21)17-11(2)16-13(19-17)9-12(10-14(16)20)15-6-5-8-23-15/h5-6,8,12,19H,3-4,7,9-10H2,1-2H3/t12-/m0/s1. The molecule has 122 valence electrons. The highest BCUT2D eigenvalue weighted by atomic mass is 32.1. The van der Waals surface area contributed by atoms with Crippen LogP contribution in [0.3, 0.4) is 0 Å². The van der Waals surface area contributed by atoms with Crippen LogP contribution in [0.5, 0.6) is 0 Å². The van der Waals surface area contributed by atoms with E-state index in [1.165, 1.54) is 4.88 Å². The van der Waals surface area contributed by atoms with Crippen LogP contribution in [-0.2, 0) is 11.2 Å². The number of carbonyl (C=O) groups is 2. The molecule has 2 aromatic rings. The number of unbranched alkanes of at least 4 members (excludes halogenated alkanes) is 1. The van der Waals surface area contributed by atoms with Crippen molar-refractivity contribution >= 4 is 23.1 Å². The molecule has 23 heavy (non-hydrogen) atoms. The summed E-state index contributed by atoms with van der Waals surface area (Å²) in [6.07, 6.45) is 3.11. The van der Waals surface area contributed by atoms with Crippen molar-refractivity contribution in [3.8, 4) is 0 Å². The number of hydrogen-bond acceptors (Lipinski definition) is 4. The average Bonchev–Trinajstić information content (AvgIpc) is 3.15. The molecular weight excluding hydrogens is 310 g/mol. The Morgan fingerprint density at radius 2 is 2.26 bits per heavy atom. The molecule has 0 bridgehead atoms. The van der Waals surface area contributed by atoms with Gasteiger partial charge in [-0.05, 0) is 36.8 Å². The van der Waals surface area contributed by atoms with Crippen LogP contribution in [0, 0.1) is 6.92 Å². The Bertz CT molecular complexity index is 715. The first kappa shape index (κ1) is 16.0. The molecule has 2 heterocycles. The zero-order valence-corrected chi connectivity index (χ0v) is 14.3. The van der Waals surface area contributed by atoms with E-state index in [1.807, 2.05) is 18.4 Å². The quantitative estimate of drug-likeness (QED) is 0.658. The molecule has 0 aromatic carbocycles. The van der Waals surface area contributed by atoms with Crippen LogP contribution in [0.2, 0.25) is 0 Å². The first-order chi connectivity index (χ1) is 11.1. The van der Waals surface area contributed by atoms with Crippen LogP contribution in [0.25, 0.3) is 0 Å². The Balaban J connectivity index is 1.84. The molecule has 1 aliphatic carbocycles. The van der Waals surface area contributed by atoms with E-state index in [0.717, 1.165) is 30.5 Å². The Labute approximate surface area is 139 Å². The molecule has 0 radical (unpaired) electrons. The predicted octanol–water partition coefficient (Wildman–Crippen LogP) is 4.25. The van der Waals surface area contributed by atoms with E-state index >= 15 is 0 Å². The number of Topliss-reactive ketones (excluding diaryl/α,β-unsaturated/α-hetero) is 1. The SMILES string of the molecule is CCCCOC(=O)c1[nH]c2c(c1C)C(=O)C[C@@H](c1cccs1)C2. The molecule has 5 heteroatoms. The zero-order chi connectivity index (χ0) is 16.4. The lowest BCUT2D eigenvalue weighted by molar-refractivity contribution is 0.0492. The van der Waals surface area contributed by atoms with Gasteiger partial charge in [-0.1, -0.05) is 19.4 Å². The van der Waals surface area contributed by atoms with Gasteiger partial charge < -0.3 is 9.72 Å². The average molecular weight is 331 g/mol. The number of rotatable bonds is 5. The van der Waals surface area contributed by atoms with E-state index in [9.17, 15) is 9.59 Å². The Morgan fingerprint density at radius 1 is 1.43 bits per heavy atom. The van der Waals surface area contributed by atoms with Crippen LogP contribution in [0.1, 0.15) is 69.1 Å². The van der Waals surface area contributed by atoms with E-state index in [4.69, 9.17) is 4.74 Å². The van der Waals surface area contributed by atoms with Gasteiger partial charge in [0.05, 0.1) is 6.61 Å². The molecule has 1 atom stereocenters. The van der Waals surface area contributed by atoms with Gasteiger partial charge in [-0.3, -0.25) is 4.79 Å². The predicted molar refractivity (Wildman–Crippen MR) is 90.4 cm³/mol. The van der Waals surface area contributed by atoms with E-state index < -0.39 is 0 Å². The maximum absolute atomic E-state index is 12.5. The van der Waals surface area contributed by atoms with Crippen LogP contribution in [0.4, 0.5) is 0 Å². The largest absolute Gasteiger partial charge is 0.461 e. The lowest BCUT2D eigenvalue weighted by Gasteiger charge is -2.20. The maximum atomic E-state index is 12.5. The minimum atomic E-state index is -0.356. The van der Waals surface area contributed by atoms with Crippen molar-refractivity contribution in [1.29, 1.82) is 0 Å². The van der Waals surface area contributed by atoms with Crippen LogP contribution in [0.15, 0.2) is 17.5 Å². The summed E-state index contributed by atoms with van der Waals surface area (Å²) in [5.41, 5.74) is 2.74. The minimum Gasteiger partial charge on any atom is -0.461 e. The molecular formula is C18H21NO3S. The van der Waals surface area contributed by atoms with Crippen LogP contribution < -0.4 is 0 Å². The molecule has 0 spiro atoms. The van der Waals surface area contributed by atoms with Gasteiger partial charge in [-0.15, -0.1) is 11.3 Å². The van der Waals surface area contributed by atoms with Gasteiger partial charge in [0.15, 0.2) is 5.78 Å². The van der Waals surface area contributed by atoms with E-state index in [1.54, 1.807) is 11.3 Å². The van der Waals surface area contributed by atoms with Gasteiger partial charge in [0.1, 0.15) is 5.69 Å². The van der Waals surface area contributed by atoms with Gasteiger partial charge >= 0.3 is 5.97 Å². The fourth-order valence-electron chi connectivity index (χ4n) is 3.14. The number of aromatic amines is 1. The summed E-state index contributed by atoms with van der Waals surface area (Å²) in [6, 6.07) is 4.08. The molecule has 0 aliphatic heterocycles. The van der Waals surface area contributed by atoms with Crippen molar-refractivity contribution in [2.45, 2.75) is 45.4 Å². The van der Waals surface area contributed by atoms with E-state index in [0.29, 0.717) is 24.3 Å². The third kappa shape index (κ3) is 3.11. The van der Waals surface area contributed by atoms with Crippen molar-refractivity contribution < 1.29 is 14.3 Å². The summed E-state index contributed by atoms with van der Waals surface area (Å²) in [6.45, 7) is 4.30. The summed E-state index contributed by atoms with van der Waals surface area (Å²) in [5, 5.41) is 2.03. The number of ether oxygens (including phenoxy) is 1. The maximum Gasteiger partial charge on any atom is 0.355 e. The minimum absolute atomic E-state index is 0.117. The number of nitrogens with one attached hydrogen (secondary N) is 1. The fourth-order valence-corrected chi connectivity index (χ4v) is 3.97. The number of aromatic nitrogens is 1. The highest BCUT2D eigenvalue weighted by Crippen LogP contribution is 2.36. The number of carbonyl (C=O) groups excluding carboxylic acids is 2. The molecule has 0 fully saturated rings. The number of H-pyrrole nitrogens is 1. The highest BCUT2D eigenvalue weighted by Gasteiger charge is 2.32. The second-order valence-corrected chi connectivity index (χ2v) is 6.99. The monoisotopic (exact) mass is 331 g/mol. The summed E-state index contributed by atoms with van der Waals surface area (Å²) in [4.78, 5) is 29.1. The van der Waals surface area contributed by atoms with Gasteiger partial charge in [-0.25, -0.2) is 4.79 Å². The van der Waals surface area contributed by atoms with Gasteiger partial charge in [0.25, 0.3) is 0 Å².